The Morgan fingerprint density at radius 2 is 2.17 bits per heavy atom. The molecule has 2 N–H and O–H groups in total. The zero-order chi connectivity index (χ0) is 12.8. The van der Waals surface area contributed by atoms with Gasteiger partial charge in [0.25, 0.3) is 0 Å². The van der Waals surface area contributed by atoms with Crippen molar-refractivity contribution in [3.8, 4) is 0 Å². The van der Waals surface area contributed by atoms with Gasteiger partial charge < -0.3 is 15.4 Å². The molecule has 1 aromatic rings. The van der Waals surface area contributed by atoms with Crippen molar-refractivity contribution in [2.45, 2.75) is 24.8 Å². The summed E-state index contributed by atoms with van der Waals surface area (Å²) in [5.74, 6) is 0. The van der Waals surface area contributed by atoms with Crippen LogP contribution in [-0.2, 0) is 11.2 Å². The van der Waals surface area contributed by atoms with Crippen LogP contribution in [0, 0.1) is 0 Å². The average Bonchev–Trinajstić information content (AvgIpc) is 2.38. The summed E-state index contributed by atoms with van der Waals surface area (Å²) < 4.78 is 5.37. The number of nitrogens with two attached hydrogens (primary N) is 1. The lowest BCUT2D eigenvalue weighted by Crippen LogP contribution is -2.53. The molecule has 0 unspecified atom stereocenters. The van der Waals surface area contributed by atoms with E-state index in [4.69, 9.17) is 10.5 Å². The van der Waals surface area contributed by atoms with Crippen LogP contribution in [0.5, 0.6) is 0 Å². The van der Waals surface area contributed by atoms with Crippen LogP contribution < -0.4 is 5.73 Å². The Labute approximate surface area is 109 Å². The van der Waals surface area contributed by atoms with E-state index in [1.54, 1.807) is 0 Å². The number of rotatable bonds is 5. The highest BCUT2D eigenvalue weighted by atomic mass is 16.5. The number of hydrogen-bond acceptors (Lipinski definition) is 4. The topological polar surface area (TPSA) is 51.4 Å². The third-order valence-electron chi connectivity index (χ3n) is 3.55. The maximum Gasteiger partial charge on any atom is 0.0484 e. The molecule has 0 radical (unpaired) electrons. The molecule has 0 aliphatic carbocycles. The Morgan fingerprint density at radius 1 is 1.39 bits per heavy atom. The zero-order valence-corrected chi connectivity index (χ0v) is 11.1. The molecule has 1 aromatic heterocycles. The van der Waals surface area contributed by atoms with Gasteiger partial charge in [0.05, 0.1) is 0 Å². The van der Waals surface area contributed by atoms with Gasteiger partial charge in [0, 0.05) is 50.2 Å². The highest BCUT2D eigenvalue weighted by Crippen LogP contribution is 2.18. The zero-order valence-electron chi connectivity index (χ0n) is 11.1. The third kappa shape index (κ3) is 4.05. The Morgan fingerprint density at radius 3 is 2.83 bits per heavy atom. The van der Waals surface area contributed by atoms with Crippen molar-refractivity contribution in [2.24, 2.45) is 5.73 Å². The molecule has 4 nitrogen and oxygen atoms in total. The molecule has 1 fully saturated rings. The maximum absolute atomic E-state index is 6.39. The van der Waals surface area contributed by atoms with Crippen LogP contribution in [-0.4, -0.2) is 48.8 Å². The van der Waals surface area contributed by atoms with E-state index in [2.05, 4.69) is 23.0 Å². The first-order chi connectivity index (χ1) is 8.68. The quantitative estimate of drug-likeness (QED) is 0.848. The van der Waals surface area contributed by atoms with E-state index in [9.17, 15) is 0 Å². The monoisotopic (exact) mass is 249 g/mol. The van der Waals surface area contributed by atoms with E-state index < -0.39 is 0 Å². The van der Waals surface area contributed by atoms with Crippen LogP contribution in [0.4, 0.5) is 0 Å². The Bertz CT molecular complexity index is 349. The van der Waals surface area contributed by atoms with Crippen molar-refractivity contribution in [2.75, 3.05) is 33.4 Å². The molecule has 100 valence electrons. The molecule has 0 spiro atoms. The predicted molar refractivity (Wildman–Crippen MR) is 72.4 cm³/mol. The summed E-state index contributed by atoms with van der Waals surface area (Å²) in [6.07, 6.45) is 4.74. The van der Waals surface area contributed by atoms with Gasteiger partial charge in [-0.15, -0.1) is 0 Å². The first-order valence-corrected chi connectivity index (χ1v) is 6.63. The predicted octanol–water partition coefficient (Wildman–Crippen LogP) is 1.06. The van der Waals surface area contributed by atoms with Crippen molar-refractivity contribution >= 4 is 0 Å². The van der Waals surface area contributed by atoms with E-state index in [1.165, 1.54) is 0 Å². The lowest BCUT2D eigenvalue weighted by molar-refractivity contribution is 0.0412. The fourth-order valence-corrected chi connectivity index (χ4v) is 2.40. The van der Waals surface area contributed by atoms with Gasteiger partial charge in [0.1, 0.15) is 0 Å². The number of hydrogen-bond donors (Lipinski definition) is 1. The van der Waals surface area contributed by atoms with E-state index in [0.29, 0.717) is 0 Å². The van der Waals surface area contributed by atoms with E-state index in [-0.39, 0.29) is 5.54 Å². The molecule has 2 heterocycles. The standard InChI is InChI=1S/C14H23N3O/c1-17(9-5-13-4-2-3-8-16-13)12-14(15)6-10-18-11-7-14/h2-4,8H,5-7,9-12,15H2,1H3. The fourth-order valence-electron chi connectivity index (χ4n) is 2.40. The van der Waals surface area contributed by atoms with Crippen molar-refractivity contribution in [3.05, 3.63) is 30.1 Å². The first kappa shape index (κ1) is 13.5. The van der Waals surface area contributed by atoms with Crippen molar-refractivity contribution in [3.63, 3.8) is 0 Å². The molecule has 0 atom stereocenters. The van der Waals surface area contributed by atoms with Gasteiger partial charge in [-0.2, -0.15) is 0 Å². The molecule has 1 saturated heterocycles. The molecule has 1 aliphatic heterocycles. The summed E-state index contributed by atoms with van der Waals surface area (Å²) in [6.45, 7) is 3.52. The fraction of sp³-hybridized carbons (Fsp3) is 0.643. The Kier molecular flexibility index (Phi) is 4.69. The second kappa shape index (κ2) is 6.27. The highest BCUT2D eigenvalue weighted by Gasteiger charge is 2.28. The minimum absolute atomic E-state index is 0.0723. The summed E-state index contributed by atoms with van der Waals surface area (Å²) in [7, 11) is 2.13. The van der Waals surface area contributed by atoms with Crippen molar-refractivity contribution < 1.29 is 4.74 Å². The van der Waals surface area contributed by atoms with Gasteiger partial charge in [0.15, 0.2) is 0 Å². The van der Waals surface area contributed by atoms with Crippen LogP contribution in [0.3, 0.4) is 0 Å². The molecular formula is C14H23N3O. The average molecular weight is 249 g/mol. The molecule has 2 rings (SSSR count). The molecule has 0 saturated carbocycles. The van der Waals surface area contributed by atoms with Crippen LogP contribution in [0.2, 0.25) is 0 Å². The Balaban J connectivity index is 1.76. The summed E-state index contributed by atoms with van der Waals surface area (Å²) in [4.78, 5) is 6.64. The number of pyridine rings is 1. The molecular weight excluding hydrogens is 226 g/mol. The molecule has 1 aliphatic rings. The van der Waals surface area contributed by atoms with E-state index in [0.717, 1.165) is 51.3 Å². The maximum atomic E-state index is 6.39. The van der Waals surface area contributed by atoms with Gasteiger partial charge >= 0.3 is 0 Å². The van der Waals surface area contributed by atoms with Gasteiger partial charge in [-0.05, 0) is 32.0 Å². The smallest absolute Gasteiger partial charge is 0.0484 e. The van der Waals surface area contributed by atoms with Gasteiger partial charge in [-0.3, -0.25) is 4.98 Å². The van der Waals surface area contributed by atoms with Gasteiger partial charge in [-0.1, -0.05) is 6.07 Å². The van der Waals surface area contributed by atoms with Crippen LogP contribution in [0.25, 0.3) is 0 Å². The number of nitrogens with zero attached hydrogens (tertiary/aromatic N) is 2. The second-order valence-electron chi connectivity index (χ2n) is 5.28. The second-order valence-corrected chi connectivity index (χ2v) is 5.28. The highest BCUT2D eigenvalue weighted by molar-refractivity contribution is 5.03. The Hall–Kier alpha value is -0.970. The normalized spacial score (nSPS) is 19.1. The largest absolute Gasteiger partial charge is 0.381 e. The lowest BCUT2D eigenvalue weighted by atomic mass is 9.91. The summed E-state index contributed by atoms with van der Waals surface area (Å²) in [5.41, 5.74) is 7.46. The number of aromatic nitrogens is 1. The minimum atomic E-state index is -0.0723. The molecule has 18 heavy (non-hydrogen) atoms. The number of likely N-dealkylation sites (N-methyl/N-ethyl adjacent to an activating group) is 1. The molecule has 0 aromatic carbocycles. The SMILES string of the molecule is CN(CCc1ccccn1)CC1(N)CCOCC1. The van der Waals surface area contributed by atoms with E-state index in [1.807, 2.05) is 18.3 Å². The van der Waals surface area contributed by atoms with Crippen molar-refractivity contribution in [1.82, 2.24) is 9.88 Å². The van der Waals surface area contributed by atoms with Crippen LogP contribution in [0.1, 0.15) is 18.5 Å². The van der Waals surface area contributed by atoms with Crippen molar-refractivity contribution in [1.29, 1.82) is 0 Å². The summed E-state index contributed by atoms with van der Waals surface area (Å²) >= 11 is 0. The number of ether oxygens (including phenoxy) is 1. The minimum Gasteiger partial charge on any atom is -0.381 e. The van der Waals surface area contributed by atoms with E-state index >= 15 is 0 Å². The van der Waals surface area contributed by atoms with Gasteiger partial charge in [-0.25, -0.2) is 0 Å². The van der Waals surface area contributed by atoms with Gasteiger partial charge in [0.2, 0.25) is 0 Å². The summed E-state index contributed by atoms with van der Waals surface area (Å²) in [5, 5.41) is 0. The molecule has 0 bridgehead atoms. The third-order valence-corrected chi connectivity index (χ3v) is 3.55. The summed E-state index contributed by atoms with van der Waals surface area (Å²) in [6, 6.07) is 6.05. The lowest BCUT2D eigenvalue weighted by Gasteiger charge is -2.36. The van der Waals surface area contributed by atoms with Crippen LogP contribution in [0.15, 0.2) is 24.4 Å². The molecule has 4 heteroatoms. The van der Waals surface area contributed by atoms with Crippen LogP contribution >= 0.6 is 0 Å². The first-order valence-electron chi connectivity index (χ1n) is 6.63. The molecule has 0 amide bonds.